The second-order valence-corrected chi connectivity index (χ2v) is 3.98. The lowest BCUT2D eigenvalue weighted by molar-refractivity contribution is -0.154. The van der Waals surface area contributed by atoms with Gasteiger partial charge in [0.2, 0.25) is 0 Å². The predicted octanol–water partition coefficient (Wildman–Crippen LogP) is 0.402. The number of aliphatic imine (C=N–C) groups is 1. The lowest BCUT2D eigenvalue weighted by atomic mass is 9.95. The molecule has 0 amide bonds. The summed E-state index contributed by atoms with van der Waals surface area (Å²) in [4.78, 5) is 27.2. The van der Waals surface area contributed by atoms with Gasteiger partial charge in [-0.2, -0.15) is 0 Å². The maximum Gasteiger partial charge on any atom is 0.319 e. The van der Waals surface area contributed by atoms with Crippen LogP contribution in [0.1, 0.15) is 13.8 Å². The summed E-state index contributed by atoms with van der Waals surface area (Å²) in [6, 6.07) is 0. The van der Waals surface area contributed by atoms with Gasteiger partial charge in [0.1, 0.15) is 5.92 Å². The largest absolute Gasteiger partial charge is 0.478 e. The summed E-state index contributed by atoms with van der Waals surface area (Å²) in [6.07, 6.45) is -0.114. The van der Waals surface area contributed by atoms with Crippen molar-refractivity contribution in [2.45, 2.75) is 20.0 Å². The van der Waals surface area contributed by atoms with Crippen LogP contribution in [0.2, 0.25) is 0 Å². The van der Waals surface area contributed by atoms with Gasteiger partial charge in [-0.15, -0.1) is 0 Å². The van der Waals surface area contributed by atoms with Crippen molar-refractivity contribution in [3.63, 3.8) is 0 Å². The molecule has 2 atom stereocenters. The average molecular weight is 243 g/mol. The predicted molar refractivity (Wildman–Crippen MR) is 59.5 cm³/mol. The zero-order valence-corrected chi connectivity index (χ0v) is 10.4. The van der Waals surface area contributed by atoms with E-state index in [2.05, 4.69) is 14.5 Å². The van der Waals surface area contributed by atoms with E-state index in [1.165, 1.54) is 14.2 Å². The lowest BCUT2D eigenvalue weighted by Crippen LogP contribution is -2.36. The van der Waals surface area contributed by atoms with Gasteiger partial charge in [0.25, 0.3) is 0 Å². The number of nitrogens with zero attached hydrogens (tertiary/aromatic N) is 1. The Morgan fingerprint density at radius 1 is 1.24 bits per heavy atom. The molecule has 0 aliphatic carbocycles. The highest BCUT2D eigenvalue weighted by Gasteiger charge is 2.44. The Hall–Kier alpha value is -1.59. The number of rotatable bonds is 3. The first-order valence-electron chi connectivity index (χ1n) is 5.37. The maximum atomic E-state index is 11.6. The van der Waals surface area contributed by atoms with Gasteiger partial charge in [-0.25, -0.2) is 0 Å². The van der Waals surface area contributed by atoms with Crippen LogP contribution in [-0.2, 0) is 23.8 Å². The fourth-order valence-electron chi connectivity index (χ4n) is 1.67. The number of hydrogen-bond donors (Lipinski definition) is 0. The number of carbonyl (C=O) groups is 2. The van der Waals surface area contributed by atoms with Crippen LogP contribution < -0.4 is 0 Å². The minimum atomic E-state index is -0.796. The van der Waals surface area contributed by atoms with E-state index in [1.807, 2.05) is 13.8 Å². The molecule has 1 heterocycles. The molecule has 0 aromatic rings. The molecule has 96 valence electrons. The molecule has 6 nitrogen and oxygen atoms in total. The van der Waals surface area contributed by atoms with Crippen molar-refractivity contribution >= 4 is 17.8 Å². The molecule has 0 bridgehead atoms. The van der Waals surface area contributed by atoms with Crippen LogP contribution in [0.4, 0.5) is 0 Å². The summed E-state index contributed by atoms with van der Waals surface area (Å²) in [5.74, 6) is -2.21. The zero-order chi connectivity index (χ0) is 13.0. The number of ether oxygens (including phenoxy) is 3. The first-order chi connectivity index (χ1) is 8.01. The number of carbonyl (C=O) groups excluding carboxylic acids is 2. The Labute approximate surface area is 99.9 Å². The minimum absolute atomic E-state index is 0.114. The topological polar surface area (TPSA) is 74.2 Å². The first kappa shape index (κ1) is 13.5. The monoisotopic (exact) mass is 243 g/mol. The molecule has 0 fully saturated rings. The molecule has 0 saturated carbocycles. The molecule has 6 heteroatoms. The van der Waals surface area contributed by atoms with Crippen molar-refractivity contribution in [2.24, 2.45) is 16.8 Å². The summed E-state index contributed by atoms with van der Waals surface area (Å²) in [6.45, 7) is 3.83. The lowest BCUT2D eigenvalue weighted by Gasteiger charge is -2.18. The number of methoxy groups -OCH3 is 2. The SMILES string of the molecule is COC(=O)[C@H]1C(OC(C)C)=NC[C@@H]1C(=O)OC. The number of hydrogen-bond acceptors (Lipinski definition) is 6. The second kappa shape index (κ2) is 5.65. The van der Waals surface area contributed by atoms with Crippen molar-refractivity contribution in [2.75, 3.05) is 20.8 Å². The Bertz CT molecular complexity index is 337. The third-order valence-electron chi connectivity index (χ3n) is 2.43. The van der Waals surface area contributed by atoms with Gasteiger partial charge in [-0.05, 0) is 13.8 Å². The fourth-order valence-corrected chi connectivity index (χ4v) is 1.67. The van der Waals surface area contributed by atoms with Crippen LogP contribution in [0.15, 0.2) is 4.99 Å². The van der Waals surface area contributed by atoms with E-state index in [0.717, 1.165) is 0 Å². The normalized spacial score (nSPS) is 23.2. The van der Waals surface area contributed by atoms with Gasteiger partial charge in [-0.1, -0.05) is 0 Å². The van der Waals surface area contributed by atoms with E-state index in [0.29, 0.717) is 0 Å². The Balaban J connectivity index is 2.86. The summed E-state index contributed by atoms with van der Waals surface area (Å²) < 4.78 is 14.7. The van der Waals surface area contributed by atoms with E-state index in [1.54, 1.807) is 0 Å². The van der Waals surface area contributed by atoms with Gasteiger partial charge in [0.15, 0.2) is 5.90 Å². The Morgan fingerprint density at radius 3 is 2.29 bits per heavy atom. The van der Waals surface area contributed by atoms with Crippen LogP contribution in [0.3, 0.4) is 0 Å². The van der Waals surface area contributed by atoms with Gasteiger partial charge in [0, 0.05) is 0 Å². The fraction of sp³-hybridized carbons (Fsp3) is 0.727. The molecule has 0 saturated heterocycles. The van der Waals surface area contributed by atoms with Gasteiger partial charge >= 0.3 is 11.9 Å². The molecular formula is C11H17NO5. The average Bonchev–Trinajstić information content (AvgIpc) is 2.69. The van der Waals surface area contributed by atoms with E-state index in [4.69, 9.17) is 4.74 Å². The molecule has 0 unspecified atom stereocenters. The van der Waals surface area contributed by atoms with E-state index in [-0.39, 0.29) is 18.5 Å². The molecular weight excluding hydrogens is 226 g/mol. The molecule has 1 aliphatic heterocycles. The third-order valence-corrected chi connectivity index (χ3v) is 2.43. The summed E-state index contributed by atoms with van der Waals surface area (Å²) in [5.41, 5.74) is 0. The van der Waals surface area contributed by atoms with Crippen molar-refractivity contribution in [1.82, 2.24) is 0 Å². The Kier molecular flexibility index (Phi) is 4.48. The third kappa shape index (κ3) is 2.95. The molecule has 17 heavy (non-hydrogen) atoms. The van der Waals surface area contributed by atoms with Crippen molar-refractivity contribution in [1.29, 1.82) is 0 Å². The second-order valence-electron chi connectivity index (χ2n) is 3.98. The van der Waals surface area contributed by atoms with Crippen LogP contribution in [0.5, 0.6) is 0 Å². The van der Waals surface area contributed by atoms with Crippen molar-refractivity contribution in [3.05, 3.63) is 0 Å². The smallest absolute Gasteiger partial charge is 0.319 e. The van der Waals surface area contributed by atoms with Crippen LogP contribution in [0.25, 0.3) is 0 Å². The van der Waals surface area contributed by atoms with Crippen LogP contribution in [-0.4, -0.2) is 44.7 Å². The van der Waals surface area contributed by atoms with Gasteiger partial charge in [-0.3, -0.25) is 14.6 Å². The van der Waals surface area contributed by atoms with Gasteiger partial charge < -0.3 is 14.2 Å². The van der Waals surface area contributed by atoms with Gasteiger partial charge in [0.05, 0.1) is 32.8 Å². The molecule has 1 aliphatic rings. The highest BCUT2D eigenvalue weighted by Crippen LogP contribution is 2.25. The molecule has 0 aromatic heterocycles. The van der Waals surface area contributed by atoms with Crippen molar-refractivity contribution < 1.29 is 23.8 Å². The minimum Gasteiger partial charge on any atom is -0.478 e. The Morgan fingerprint density at radius 2 is 1.82 bits per heavy atom. The molecule has 0 spiro atoms. The van der Waals surface area contributed by atoms with E-state index in [9.17, 15) is 9.59 Å². The maximum absolute atomic E-state index is 11.6. The summed E-state index contributed by atoms with van der Waals surface area (Å²) >= 11 is 0. The van der Waals surface area contributed by atoms with E-state index >= 15 is 0 Å². The van der Waals surface area contributed by atoms with Crippen LogP contribution >= 0.6 is 0 Å². The number of esters is 2. The highest BCUT2D eigenvalue weighted by molar-refractivity contribution is 6.03. The summed E-state index contributed by atoms with van der Waals surface area (Å²) in [5, 5.41) is 0. The molecule has 0 radical (unpaired) electrons. The van der Waals surface area contributed by atoms with E-state index < -0.39 is 23.8 Å². The summed E-state index contributed by atoms with van der Waals surface area (Å²) in [7, 11) is 2.54. The molecule has 1 rings (SSSR count). The zero-order valence-electron chi connectivity index (χ0n) is 10.4. The quantitative estimate of drug-likeness (QED) is 0.671. The molecule has 0 N–H and O–H groups in total. The van der Waals surface area contributed by atoms with Crippen LogP contribution in [0, 0.1) is 11.8 Å². The molecule has 0 aromatic carbocycles. The van der Waals surface area contributed by atoms with Crippen molar-refractivity contribution in [3.8, 4) is 0 Å². The standard InChI is InChI=1S/C11H17NO5/c1-6(2)17-9-8(11(14)16-4)7(5-12-9)10(13)15-3/h6-8H,5H2,1-4H3/t7-,8+/m0/s1. The first-order valence-corrected chi connectivity index (χ1v) is 5.37. The highest BCUT2D eigenvalue weighted by atomic mass is 16.5.